The van der Waals surface area contributed by atoms with Crippen LogP contribution in [0.25, 0.3) is 44.3 Å². The summed E-state index contributed by atoms with van der Waals surface area (Å²) in [6.45, 7) is 0. The predicted molar refractivity (Wildman–Crippen MR) is 102 cm³/mol. The average molecular weight is 414 g/mol. The van der Waals surface area contributed by atoms with Gasteiger partial charge in [-0.3, -0.25) is 4.55 Å². The van der Waals surface area contributed by atoms with E-state index in [2.05, 4.69) is 14.4 Å². The first-order valence-electron chi connectivity index (χ1n) is 7.97. The third kappa shape index (κ3) is 2.66. The molecule has 2 N–H and O–H groups in total. The smallest absolute Gasteiger partial charge is 0.282 e. The standard InChI is InChI=1S/C18H10N2O6S2/c21-25-26-27-10-5-9-6-11(28(22,23)24)8-13-16(9)12(7-10)17-18(13)20-15-4-2-1-3-14(15)19-17/h1-8,21H,(H,22,23,24). The van der Waals surface area contributed by atoms with Crippen LogP contribution in [0.4, 0.5) is 0 Å². The molecule has 1 aromatic heterocycles. The van der Waals surface area contributed by atoms with Crippen molar-refractivity contribution < 1.29 is 27.6 Å². The summed E-state index contributed by atoms with van der Waals surface area (Å²) in [5.41, 5.74) is 3.82. The highest BCUT2D eigenvalue weighted by Gasteiger charge is 2.28. The van der Waals surface area contributed by atoms with Gasteiger partial charge in [-0.1, -0.05) is 17.2 Å². The summed E-state index contributed by atoms with van der Waals surface area (Å²) in [4.78, 5) is 9.67. The van der Waals surface area contributed by atoms with E-state index in [0.717, 1.165) is 23.0 Å². The zero-order valence-corrected chi connectivity index (χ0v) is 15.5. The van der Waals surface area contributed by atoms with Gasteiger partial charge in [0.2, 0.25) is 0 Å². The van der Waals surface area contributed by atoms with Crippen molar-refractivity contribution in [2.24, 2.45) is 0 Å². The molecule has 0 saturated carbocycles. The highest BCUT2D eigenvalue weighted by molar-refractivity contribution is 7.94. The third-order valence-electron chi connectivity index (χ3n) is 4.54. The van der Waals surface area contributed by atoms with Crippen LogP contribution >= 0.6 is 12.0 Å². The molecule has 3 aromatic carbocycles. The van der Waals surface area contributed by atoms with Gasteiger partial charge in [-0.05, 0) is 41.8 Å². The van der Waals surface area contributed by atoms with Gasteiger partial charge in [0.15, 0.2) is 0 Å². The highest BCUT2D eigenvalue weighted by Crippen LogP contribution is 2.48. The van der Waals surface area contributed by atoms with Gasteiger partial charge in [0.25, 0.3) is 10.1 Å². The quantitative estimate of drug-likeness (QED) is 0.194. The van der Waals surface area contributed by atoms with Gasteiger partial charge in [-0.25, -0.2) is 15.2 Å². The summed E-state index contributed by atoms with van der Waals surface area (Å²) in [5, 5.41) is 13.4. The van der Waals surface area contributed by atoms with E-state index in [1.54, 1.807) is 12.1 Å². The van der Waals surface area contributed by atoms with E-state index in [4.69, 9.17) is 10.2 Å². The van der Waals surface area contributed by atoms with Crippen molar-refractivity contribution in [3.8, 4) is 22.5 Å². The Morgan fingerprint density at radius 1 is 0.929 bits per heavy atom. The zero-order chi connectivity index (χ0) is 19.5. The second kappa shape index (κ2) is 6.21. The monoisotopic (exact) mass is 414 g/mol. The molecular weight excluding hydrogens is 404 g/mol. The summed E-state index contributed by atoms with van der Waals surface area (Å²) in [7, 11) is -4.43. The maximum atomic E-state index is 11.8. The predicted octanol–water partition coefficient (Wildman–Crippen LogP) is 4.11. The fourth-order valence-electron chi connectivity index (χ4n) is 3.46. The van der Waals surface area contributed by atoms with Crippen LogP contribution in [0, 0.1) is 0 Å². The lowest BCUT2D eigenvalue weighted by Gasteiger charge is -2.07. The van der Waals surface area contributed by atoms with Crippen molar-refractivity contribution >= 4 is 44.0 Å². The van der Waals surface area contributed by atoms with Crippen LogP contribution in [0.15, 0.2) is 58.3 Å². The van der Waals surface area contributed by atoms with Gasteiger partial charge in [0, 0.05) is 21.4 Å². The van der Waals surface area contributed by atoms with E-state index in [-0.39, 0.29) is 4.90 Å². The van der Waals surface area contributed by atoms with Crippen LogP contribution in [0.2, 0.25) is 0 Å². The number of aromatic nitrogens is 2. The lowest BCUT2D eigenvalue weighted by molar-refractivity contribution is -0.432. The lowest BCUT2D eigenvalue weighted by atomic mass is 10.0. The Morgan fingerprint density at radius 3 is 2.18 bits per heavy atom. The molecule has 0 atom stereocenters. The van der Waals surface area contributed by atoms with Gasteiger partial charge in [0.05, 0.1) is 39.4 Å². The Labute approximate surface area is 162 Å². The van der Waals surface area contributed by atoms with E-state index in [9.17, 15) is 13.0 Å². The van der Waals surface area contributed by atoms with E-state index >= 15 is 0 Å². The minimum Gasteiger partial charge on any atom is -0.282 e. The number of hydrogen-bond acceptors (Lipinski definition) is 8. The summed E-state index contributed by atoms with van der Waals surface area (Å²) in [5.74, 6) is 0. The molecule has 4 aromatic rings. The second-order valence-electron chi connectivity index (χ2n) is 6.15. The number of para-hydroxylation sites is 2. The molecule has 0 unspecified atom stereocenters. The minimum absolute atomic E-state index is 0.245. The Hall–Kier alpha value is -2.60. The third-order valence-corrected chi connectivity index (χ3v) is 5.92. The molecule has 0 saturated heterocycles. The van der Waals surface area contributed by atoms with Crippen LogP contribution in [0.1, 0.15) is 0 Å². The average Bonchev–Trinajstić information content (AvgIpc) is 2.98. The van der Waals surface area contributed by atoms with Crippen molar-refractivity contribution in [2.45, 2.75) is 9.79 Å². The fraction of sp³-hybridized carbons (Fsp3) is 0. The molecule has 28 heavy (non-hydrogen) atoms. The van der Waals surface area contributed by atoms with Crippen LogP contribution in [0.5, 0.6) is 0 Å². The molecule has 8 nitrogen and oxygen atoms in total. The highest BCUT2D eigenvalue weighted by atomic mass is 32.2. The van der Waals surface area contributed by atoms with Crippen molar-refractivity contribution in [1.29, 1.82) is 0 Å². The van der Waals surface area contributed by atoms with Crippen molar-refractivity contribution in [1.82, 2.24) is 9.97 Å². The zero-order valence-electron chi connectivity index (χ0n) is 13.9. The molecule has 0 amide bonds. The fourth-order valence-corrected chi connectivity index (χ4v) is 4.45. The van der Waals surface area contributed by atoms with Crippen molar-refractivity contribution in [2.75, 3.05) is 0 Å². The Morgan fingerprint density at radius 2 is 1.57 bits per heavy atom. The Bertz CT molecular complexity index is 1390. The van der Waals surface area contributed by atoms with Crippen LogP contribution in [-0.2, 0) is 19.5 Å². The maximum Gasteiger partial charge on any atom is 0.294 e. The molecule has 0 radical (unpaired) electrons. The number of fused-ring (bicyclic) bond motifs is 4. The molecule has 140 valence electrons. The van der Waals surface area contributed by atoms with Gasteiger partial charge in [0.1, 0.15) is 0 Å². The molecule has 0 aliphatic heterocycles. The van der Waals surface area contributed by atoms with E-state index in [1.807, 2.05) is 24.3 Å². The van der Waals surface area contributed by atoms with E-state index < -0.39 is 10.1 Å². The summed E-state index contributed by atoms with van der Waals surface area (Å²) in [6, 6.07) is 13.6. The lowest BCUT2D eigenvalue weighted by Crippen LogP contribution is -1.98. The first-order valence-corrected chi connectivity index (χ1v) is 10.2. The Kier molecular flexibility index (Phi) is 3.88. The van der Waals surface area contributed by atoms with Crippen molar-refractivity contribution in [3.63, 3.8) is 0 Å². The molecule has 0 fully saturated rings. The Balaban J connectivity index is 1.89. The normalized spacial score (nSPS) is 12.6. The first kappa shape index (κ1) is 17.5. The SMILES string of the molecule is O=S(=O)(O)c1cc2c3c(cc(SOOO)cc3c1)-c1nc3ccccc3nc1-2. The van der Waals surface area contributed by atoms with Gasteiger partial charge < -0.3 is 0 Å². The summed E-state index contributed by atoms with van der Waals surface area (Å²) >= 11 is 0.747. The number of hydrogen-bond donors (Lipinski definition) is 2. The second-order valence-corrected chi connectivity index (χ2v) is 8.35. The number of rotatable bonds is 4. The van der Waals surface area contributed by atoms with Crippen molar-refractivity contribution in [3.05, 3.63) is 48.5 Å². The molecule has 0 spiro atoms. The molecule has 10 heteroatoms. The maximum absolute atomic E-state index is 11.8. The van der Waals surface area contributed by atoms with E-state index in [0.29, 0.717) is 38.3 Å². The van der Waals surface area contributed by atoms with Crippen LogP contribution in [0.3, 0.4) is 0 Å². The minimum atomic E-state index is -4.43. The molecule has 5 rings (SSSR count). The molecule has 0 bridgehead atoms. The number of nitrogens with zero attached hydrogens (tertiary/aromatic N) is 2. The topological polar surface area (TPSA) is 119 Å². The molecular formula is C18H10N2O6S2. The van der Waals surface area contributed by atoms with Crippen LogP contribution in [-0.4, -0.2) is 28.2 Å². The summed E-state index contributed by atoms with van der Waals surface area (Å²) in [6.07, 6.45) is 0. The molecule has 1 aliphatic carbocycles. The number of benzene rings is 3. The molecule has 1 aliphatic rings. The molecule has 1 heterocycles. The largest absolute Gasteiger partial charge is 0.294 e. The van der Waals surface area contributed by atoms with Gasteiger partial charge in [-0.2, -0.15) is 8.42 Å². The first-order chi connectivity index (χ1) is 13.5. The van der Waals surface area contributed by atoms with Crippen LogP contribution < -0.4 is 0 Å². The summed E-state index contributed by atoms with van der Waals surface area (Å²) < 4.78 is 37.6. The van der Waals surface area contributed by atoms with E-state index in [1.165, 1.54) is 12.1 Å². The van der Waals surface area contributed by atoms with Gasteiger partial charge in [-0.15, -0.1) is 4.33 Å². The van der Waals surface area contributed by atoms with Gasteiger partial charge >= 0.3 is 0 Å².